The molecule has 0 amide bonds. The molecule has 2 rings (SSSR count). The molecule has 1 heterocycles. The highest BCUT2D eigenvalue weighted by atomic mass is 15.1. The third kappa shape index (κ3) is 2.89. The number of nitrogens with one attached hydrogen (secondary N) is 2. The van der Waals surface area contributed by atoms with Gasteiger partial charge in [0.2, 0.25) is 0 Å². The zero-order chi connectivity index (χ0) is 15.2. The molecule has 1 aromatic heterocycles. The van der Waals surface area contributed by atoms with Gasteiger partial charge in [0, 0.05) is 16.9 Å². The van der Waals surface area contributed by atoms with Crippen molar-refractivity contribution in [2.75, 3.05) is 5.32 Å². The van der Waals surface area contributed by atoms with Gasteiger partial charge in [-0.3, -0.25) is 5.10 Å². The van der Waals surface area contributed by atoms with Crippen LogP contribution in [0.2, 0.25) is 0 Å². The lowest BCUT2D eigenvalue weighted by Gasteiger charge is -2.09. The first-order valence-electron chi connectivity index (χ1n) is 6.02. The number of hydrogen-bond acceptors (Lipinski definition) is 5. The van der Waals surface area contributed by atoms with Crippen molar-refractivity contribution in [2.24, 2.45) is 0 Å². The number of benzene rings is 1. The fourth-order valence-corrected chi connectivity index (χ4v) is 1.79. The van der Waals surface area contributed by atoms with Crippen LogP contribution in [0.5, 0.6) is 0 Å². The number of H-pyrrole nitrogens is 1. The van der Waals surface area contributed by atoms with Gasteiger partial charge in [0.1, 0.15) is 23.9 Å². The lowest BCUT2D eigenvalue weighted by Crippen LogP contribution is -2.02. The highest BCUT2D eigenvalue weighted by Gasteiger charge is 2.11. The molecule has 21 heavy (non-hydrogen) atoms. The van der Waals surface area contributed by atoms with Crippen LogP contribution in [0, 0.1) is 40.9 Å². The minimum Gasteiger partial charge on any atom is -0.345 e. The fraction of sp³-hybridized carbons (Fsp3) is 0.0667. The second kappa shape index (κ2) is 6.06. The van der Waals surface area contributed by atoms with Crippen LogP contribution >= 0.6 is 0 Å². The second-order valence-electron chi connectivity index (χ2n) is 4.19. The van der Waals surface area contributed by atoms with Crippen LogP contribution in [0.1, 0.15) is 5.69 Å². The van der Waals surface area contributed by atoms with E-state index in [1.807, 2.05) is 31.2 Å². The number of nitrogens with zero attached hydrogens (tertiary/aromatic N) is 4. The average molecular weight is 274 g/mol. The summed E-state index contributed by atoms with van der Waals surface area (Å²) in [6, 6.07) is 14.3. The number of para-hydroxylation sites is 1. The summed E-state index contributed by atoms with van der Waals surface area (Å²) in [7, 11) is 0. The zero-order valence-corrected chi connectivity index (χ0v) is 11.2. The largest absolute Gasteiger partial charge is 0.345 e. The average Bonchev–Trinajstić information content (AvgIpc) is 2.94. The third-order valence-electron chi connectivity index (χ3n) is 2.75. The van der Waals surface area contributed by atoms with Crippen LogP contribution in [0.3, 0.4) is 0 Å². The Morgan fingerprint density at radius 1 is 1.14 bits per heavy atom. The van der Waals surface area contributed by atoms with E-state index < -0.39 is 0 Å². The van der Waals surface area contributed by atoms with Gasteiger partial charge in [-0.1, -0.05) is 18.2 Å². The summed E-state index contributed by atoms with van der Waals surface area (Å²) in [5.74, 6) is 0. The number of aryl methyl sites for hydroxylation is 1. The van der Waals surface area contributed by atoms with Crippen molar-refractivity contribution in [2.45, 2.75) is 6.92 Å². The molecule has 0 radical (unpaired) electrons. The zero-order valence-electron chi connectivity index (χ0n) is 11.2. The number of aromatic amines is 1. The van der Waals surface area contributed by atoms with Gasteiger partial charge in [-0.25, -0.2) is 0 Å². The van der Waals surface area contributed by atoms with Crippen molar-refractivity contribution in [3.05, 3.63) is 47.3 Å². The summed E-state index contributed by atoms with van der Waals surface area (Å²) in [4.78, 5) is 0. The van der Waals surface area contributed by atoms with Gasteiger partial charge in [0.05, 0.1) is 5.69 Å². The highest BCUT2D eigenvalue weighted by molar-refractivity contribution is 5.78. The van der Waals surface area contributed by atoms with Gasteiger partial charge in [-0.2, -0.15) is 20.9 Å². The molecule has 0 saturated heterocycles. The predicted molar refractivity (Wildman–Crippen MR) is 76.2 cm³/mol. The second-order valence-corrected chi connectivity index (χ2v) is 4.19. The van der Waals surface area contributed by atoms with E-state index in [-0.39, 0.29) is 11.3 Å². The van der Waals surface area contributed by atoms with Crippen molar-refractivity contribution in [1.29, 1.82) is 15.8 Å². The number of nitriles is 3. The van der Waals surface area contributed by atoms with E-state index >= 15 is 0 Å². The number of hydrogen-bond donors (Lipinski definition) is 2. The summed E-state index contributed by atoms with van der Waals surface area (Å²) in [6.07, 6.45) is 0. The van der Waals surface area contributed by atoms with E-state index in [9.17, 15) is 0 Å². The Balaban J connectivity index is 2.48. The Morgan fingerprint density at radius 3 is 2.43 bits per heavy atom. The summed E-state index contributed by atoms with van der Waals surface area (Å²) in [5.41, 5.74) is 2.65. The molecule has 6 nitrogen and oxygen atoms in total. The molecule has 0 atom stereocenters. The number of anilines is 1. The first-order chi connectivity index (χ1) is 10.2. The number of rotatable bonds is 3. The molecule has 0 aliphatic rings. The van der Waals surface area contributed by atoms with Crippen molar-refractivity contribution >= 4 is 5.69 Å². The van der Waals surface area contributed by atoms with Crippen molar-refractivity contribution in [3.8, 4) is 29.5 Å². The van der Waals surface area contributed by atoms with E-state index in [2.05, 4.69) is 15.5 Å². The van der Waals surface area contributed by atoms with Gasteiger partial charge in [0.25, 0.3) is 0 Å². The van der Waals surface area contributed by atoms with E-state index in [1.54, 1.807) is 24.3 Å². The van der Waals surface area contributed by atoms with Crippen molar-refractivity contribution in [3.63, 3.8) is 0 Å². The van der Waals surface area contributed by atoms with Crippen molar-refractivity contribution < 1.29 is 0 Å². The molecule has 0 unspecified atom stereocenters. The molecule has 0 bridgehead atoms. The minimum absolute atomic E-state index is 0.0836. The molecule has 0 aliphatic heterocycles. The molecular formula is C15H10N6. The van der Waals surface area contributed by atoms with Crippen LogP contribution in [0.4, 0.5) is 5.69 Å². The molecule has 100 valence electrons. The molecule has 0 spiro atoms. The lowest BCUT2D eigenvalue weighted by molar-refractivity contribution is 1.05. The Hall–Kier alpha value is -3.56. The first kappa shape index (κ1) is 13.9. The van der Waals surface area contributed by atoms with Crippen LogP contribution in [0.15, 0.2) is 41.6 Å². The Labute approximate surface area is 121 Å². The normalized spacial score (nSPS) is 9.05. The maximum atomic E-state index is 9.09. The summed E-state index contributed by atoms with van der Waals surface area (Å²) < 4.78 is 0. The monoisotopic (exact) mass is 274 g/mol. The van der Waals surface area contributed by atoms with E-state index in [4.69, 9.17) is 15.8 Å². The van der Waals surface area contributed by atoms with E-state index in [0.717, 1.165) is 11.3 Å². The molecular weight excluding hydrogens is 264 g/mol. The van der Waals surface area contributed by atoms with E-state index in [0.29, 0.717) is 11.4 Å². The maximum absolute atomic E-state index is 9.09. The van der Waals surface area contributed by atoms with Gasteiger partial charge in [-0.05, 0) is 19.1 Å². The number of allylic oxidation sites excluding steroid dienone is 2. The Bertz CT molecular complexity index is 807. The SMILES string of the molecule is Cc1cc(-c2ccccc2NC(C#N)=C(C#N)C#N)n[nH]1. The van der Waals surface area contributed by atoms with Gasteiger partial charge in [-0.15, -0.1) is 0 Å². The van der Waals surface area contributed by atoms with Crippen LogP contribution < -0.4 is 5.32 Å². The fourth-order valence-electron chi connectivity index (χ4n) is 1.79. The quantitative estimate of drug-likeness (QED) is 0.835. The summed E-state index contributed by atoms with van der Waals surface area (Å²) in [5, 5.41) is 36.6. The molecule has 0 aliphatic carbocycles. The highest BCUT2D eigenvalue weighted by Crippen LogP contribution is 2.27. The van der Waals surface area contributed by atoms with Crippen LogP contribution in [0.25, 0.3) is 11.3 Å². The predicted octanol–water partition coefficient (Wildman–Crippen LogP) is 2.62. The molecule has 6 heteroatoms. The lowest BCUT2D eigenvalue weighted by atomic mass is 10.1. The van der Waals surface area contributed by atoms with Crippen LogP contribution in [-0.2, 0) is 0 Å². The van der Waals surface area contributed by atoms with Gasteiger partial charge in [0.15, 0.2) is 5.57 Å². The summed E-state index contributed by atoms with van der Waals surface area (Å²) in [6.45, 7) is 1.89. The van der Waals surface area contributed by atoms with Gasteiger partial charge < -0.3 is 5.32 Å². The third-order valence-corrected chi connectivity index (χ3v) is 2.75. The molecule has 1 aromatic carbocycles. The van der Waals surface area contributed by atoms with Crippen LogP contribution in [-0.4, -0.2) is 10.2 Å². The van der Waals surface area contributed by atoms with Gasteiger partial charge >= 0.3 is 0 Å². The Kier molecular flexibility index (Phi) is 4.00. The molecule has 2 N–H and O–H groups in total. The standard InChI is InChI=1S/C15H10N6/c1-10-6-14(21-20-10)12-4-2-3-5-13(12)19-15(9-18)11(7-16)8-17/h2-6,19H,1H3,(H,20,21). The Morgan fingerprint density at radius 2 is 1.86 bits per heavy atom. The minimum atomic E-state index is -0.259. The number of aromatic nitrogens is 2. The topological polar surface area (TPSA) is 112 Å². The van der Waals surface area contributed by atoms with Crippen molar-refractivity contribution in [1.82, 2.24) is 10.2 Å². The molecule has 2 aromatic rings. The first-order valence-corrected chi connectivity index (χ1v) is 6.02. The molecule has 0 fully saturated rings. The summed E-state index contributed by atoms with van der Waals surface area (Å²) >= 11 is 0. The smallest absolute Gasteiger partial charge is 0.163 e. The maximum Gasteiger partial charge on any atom is 0.163 e. The van der Waals surface area contributed by atoms with E-state index in [1.165, 1.54) is 0 Å². The molecule has 0 saturated carbocycles.